The molecule has 0 saturated carbocycles. The minimum atomic E-state index is -0.413. The Kier molecular flexibility index (Phi) is 6.66. The second-order valence-electron chi connectivity index (χ2n) is 8.20. The van der Waals surface area contributed by atoms with Crippen molar-refractivity contribution in [2.24, 2.45) is 0 Å². The fourth-order valence-corrected chi connectivity index (χ4v) is 4.05. The van der Waals surface area contributed by atoms with Gasteiger partial charge in [0.2, 0.25) is 0 Å². The number of ether oxygens (including phenoxy) is 1. The number of likely N-dealkylation sites (tertiary alicyclic amines) is 1. The highest BCUT2D eigenvalue weighted by atomic mass is 16.5. The molecule has 1 saturated heterocycles. The average Bonchev–Trinajstić information content (AvgIpc) is 3.34. The Bertz CT molecular complexity index is 1060. The molecule has 0 N–H and O–H groups in total. The summed E-state index contributed by atoms with van der Waals surface area (Å²) < 4.78 is 5.75. The van der Waals surface area contributed by atoms with E-state index in [0.717, 1.165) is 42.7 Å². The van der Waals surface area contributed by atoms with Gasteiger partial charge >= 0.3 is 5.97 Å². The summed E-state index contributed by atoms with van der Waals surface area (Å²) in [6.45, 7) is 3.77. The highest BCUT2D eigenvalue weighted by Crippen LogP contribution is 2.28. The first-order valence-electron chi connectivity index (χ1n) is 11.0. The first-order chi connectivity index (χ1) is 15.5. The van der Waals surface area contributed by atoms with Crippen molar-refractivity contribution in [1.82, 2.24) is 4.90 Å². The van der Waals surface area contributed by atoms with Gasteiger partial charge in [-0.05, 0) is 74.8 Å². The molecule has 32 heavy (non-hydrogen) atoms. The predicted octanol–water partition coefficient (Wildman–Crippen LogP) is 5.01. The molecule has 3 aromatic carbocycles. The van der Waals surface area contributed by atoms with Crippen LogP contribution in [0.3, 0.4) is 0 Å². The molecule has 1 heterocycles. The highest BCUT2D eigenvalue weighted by molar-refractivity contribution is 6.05. The van der Waals surface area contributed by atoms with Gasteiger partial charge in [0.25, 0.3) is 5.91 Å². The van der Waals surface area contributed by atoms with Crippen molar-refractivity contribution in [1.29, 1.82) is 0 Å². The van der Waals surface area contributed by atoms with Gasteiger partial charge in [-0.2, -0.15) is 0 Å². The third-order valence-corrected chi connectivity index (χ3v) is 5.89. The molecule has 1 atom stereocenters. The van der Waals surface area contributed by atoms with Gasteiger partial charge in [-0.25, -0.2) is 4.79 Å². The smallest absolute Gasteiger partial charge is 0.333 e. The van der Waals surface area contributed by atoms with Gasteiger partial charge in [-0.15, -0.1) is 0 Å². The zero-order chi connectivity index (χ0) is 22.5. The lowest BCUT2D eigenvalue weighted by molar-refractivity contribution is -0.140. The molecule has 0 aromatic heterocycles. The van der Waals surface area contributed by atoms with Crippen LogP contribution in [0.15, 0.2) is 78.9 Å². The number of anilines is 1. The van der Waals surface area contributed by atoms with Gasteiger partial charge in [-0.3, -0.25) is 9.69 Å². The summed E-state index contributed by atoms with van der Waals surface area (Å²) in [7, 11) is 1.74. The molecule has 4 rings (SSSR count). The van der Waals surface area contributed by atoms with Crippen LogP contribution in [-0.2, 0) is 4.79 Å². The monoisotopic (exact) mass is 428 g/mol. The number of aryl methyl sites for hydroxylation is 1. The Balaban J connectivity index is 1.46. The molecule has 0 bridgehead atoms. The Morgan fingerprint density at radius 3 is 2.12 bits per heavy atom. The van der Waals surface area contributed by atoms with Gasteiger partial charge in [0.15, 0.2) is 0 Å². The van der Waals surface area contributed by atoms with Gasteiger partial charge in [-0.1, -0.05) is 48.0 Å². The summed E-state index contributed by atoms with van der Waals surface area (Å²) in [5.74, 6) is 0.0953. The fourth-order valence-electron chi connectivity index (χ4n) is 4.05. The lowest BCUT2D eigenvalue weighted by atomic mass is 10.1. The molecule has 1 unspecified atom stereocenters. The minimum absolute atomic E-state index is 0.0899. The fraction of sp³-hybridized carbons (Fsp3) is 0.259. The molecular weight excluding hydrogens is 400 g/mol. The van der Waals surface area contributed by atoms with Gasteiger partial charge in [0.05, 0.1) is 0 Å². The van der Waals surface area contributed by atoms with E-state index in [2.05, 4.69) is 4.90 Å². The first-order valence-corrected chi connectivity index (χ1v) is 11.0. The third-order valence-electron chi connectivity index (χ3n) is 5.89. The number of hydrogen-bond acceptors (Lipinski definition) is 4. The molecule has 164 valence electrons. The Labute approximate surface area is 189 Å². The SMILES string of the molecule is Cc1ccc(C(=O)N(C)c2ccc(OC(=O)C(c3ccccc3)N3CCCC3)cc2)cc1. The van der Waals surface area contributed by atoms with Crippen molar-refractivity contribution in [3.8, 4) is 5.75 Å². The number of carbonyl (C=O) groups is 2. The number of esters is 1. The molecule has 0 spiro atoms. The van der Waals surface area contributed by atoms with Crippen LogP contribution in [0.5, 0.6) is 5.75 Å². The van der Waals surface area contributed by atoms with Crippen LogP contribution in [-0.4, -0.2) is 36.9 Å². The van der Waals surface area contributed by atoms with Crippen molar-refractivity contribution in [2.45, 2.75) is 25.8 Å². The van der Waals surface area contributed by atoms with Crippen molar-refractivity contribution in [3.05, 3.63) is 95.6 Å². The maximum Gasteiger partial charge on any atom is 0.333 e. The normalized spacial score (nSPS) is 14.7. The van der Waals surface area contributed by atoms with E-state index in [1.807, 2.05) is 61.5 Å². The quantitative estimate of drug-likeness (QED) is 0.409. The molecule has 0 aliphatic carbocycles. The molecular formula is C27H28N2O3. The standard InChI is InChI=1S/C27H28N2O3/c1-20-10-12-22(13-11-20)26(30)28(2)23-14-16-24(17-15-23)32-27(31)25(29-18-6-7-19-29)21-8-4-3-5-9-21/h3-5,8-17,25H,6-7,18-19H2,1-2H3. The summed E-state index contributed by atoms with van der Waals surface area (Å²) in [6, 6.07) is 23.9. The summed E-state index contributed by atoms with van der Waals surface area (Å²) in [5.41, 5.74) is 3.41. The van der Waals surface area contributed by atoms with Crippen LogP contribution in [0.2, 0.25) is 0 Å². The zero-order valence-corrected chi connectivity index (χ0v) is 18.5. The number of carbonyl (C=O) groups excluding carboxylic acids is 2. The van der Waals surface area contributed by atoms with Crippen molar-refractivity contribution in [2.75, 3.05) is 25.0 Å². The van der Waals surface area contributed by atoms with E-state index in [1.54, 1.807) is 36.2 Å². The van der Waals surface area contributed by atoms with Crippen molar-refractivity contribution < 1.29 is 14.3 Å². The van der Waals surface area contributed by atoms with Crippen LogP contribution >= 0.6 is 0 Å². The zero-order valence-electron chi connectivity index (χ0n) is 18.5. The summed E-state index contributed by atoms with van der Waals surface area (Å²) in [5, 5.41) is 0. The maximum absolute atomic E-state index is 13.1. The average molecular weight is 429 g/mol. The number of amides is 1. The summed E-state index contributed by atoms with van der Waals surface area (Å²) in [6.07, 6.45) is 2.18. The van der Waals surface area contributed by atoms with Crippen LogP contribution in [0.1, 0.15) is 40.4 Å². The Morgan fingerprint density at radius 2 is 1.50 bits per heavy atom. The van der Waals surface area contributed by atoms with E-state index in [4.69, 9.17) is 4.74 Å². The van der Waals surface area contributed by atoms with E-state index in [9.17, 15) is 9.59 Å². The topological polar surface area (TPSA) is 49.9 Å². The number of hydrogen-bond donors (Lipinski definition) is 0. The maximum atomic E-state index is 13.1. The minimum Gasteiger partial charge on any atom is -0.425 e. The molecule has 0 radical (unpaired) electrons. The lowest BCUT2D eigenvalue weighted by Gasteiger charge is -2.26. The molecule has 1 fully saturated rings. The number of rotatable bonds is 6. The summed E-state index contributed by atoms with van der Waals surface area (Å²) >= 11 is 0. The van der Waals surface area contributed by atoms with E-state index >= 15 is 0 Å². The predicted molar refractivity (Wildman–Crippen MR) is 126 cm³/mol. The molecule has 3 aromatic rings. The largest absolute Gasteiger partial charge is 0.425 e. The van der Waals surface area contributed by atoms with E-state index in [0.29, 0.717) is 11.3 Å². The van der Waals surface area contributed by atoms with Crippen LogP contribution in [0.25, 0.3) is 0 Å². The van der Waals surface area contributed by atoms with Crippen molar-refractivity contribution >= 4 is 17.6 Å². The second-order valence-corrected chi connectivity index (χ2v) is 8.20. The highest BCUT2D eigenvalue weighted by Gasteiger charge is 2.31. The second kappa shape index (κ2) is 9.79. The van der Waals surface area contributed by atoms with E-state index in [1.165, 1.54) is 0 Å². The number of benzene rings is 3. The molecule has 1 aliphatic rings. The Morgan fingerprint density at radius 1 is 0.875 bits per heavy atom. The van der Waals surface area contributed by atoms with Crippen molar-refractivity contribution in [3.63, 3.8) is 0 Å². The summed E-state index contributed by atoms with van der Waals surface area (Å²) in [4.78, 5) is 29.6. The molecule has 1 aliphatic heterocycles. The number of nitrogens with zero attached hydrogens (tertiary/aromatic N) is 2. The van der Waals surface area contributed by atoms with Gasteiger partial charge in [0, 0.05) is 18.3 Å². The van der Waals surface area contributed by atoms with Gasteiger partial charge in [0.1, 0.15) is 11.8 Å². The Hall–Kier alpha value is -3.44. The van der Waals surface area contributed by atoms with E-state index < -0.39 is 6.04 Å². The first kappa shape index (κ1) is 21.8. The lowest BCUT2D eigenvalue weighted by Crippen LogP contribution is -2.34. The molecule has 1 amide bonds. The molecule has 5 heteroatoms. The van der Waals surface area contributed by atoms with Crippen LogP contribution in [0, 0.1) is 6.92 Å². The molecule has 5 nitrogen and oxygen atoms in total. The van der Waals surface area contributed by atoms with Crippen LogP contribution < -0.4 is 9.64 Å². The van der Waals surface area contributed by atoms with Gasteiger partial charge < -0.3 is 9.64 Å². The van der Waals surface area contributed by atoms with Crippen LogP contribution in [0.4, 0.5) is 5.69 Å². The van der Waals surface area contributed by atoms with E-state index in [-0.39, 0.29) is 11.9 Å². The third kappa shape index (κ3) is 4.89.